The fraction of sp³-hybridized carbons (Fsp3) is 0.125. The van der Waals surface area contributed by atoms with Crippen molar-refractivity contribution in [3.63, 3.8) is 0 Å². The van der Waals surface area contributed by atoms with E-state index in [-0.39, 0.29) is 5.78 Å². The minimum atomic E-state index is -0.415. The van der Waals surface area contributed by atoms with Crippen LogP contribution in [0.15, 0.2) is 36.4 Å². The number of rotatable bonds is 2. The summed E-state index contributed by atoms with van der Waals surface area (Å²) in [6.45, 7) is 0. The van der Waals surface area contributed by atoms with E-state index in [0.29, 0.717) is 22.4 Å². The summed E-state index contributed by atoms with van der Waals surface area (Å²) < 4.78 is 9.84. The summed E-state index contributed by atoms with van der Waals surface area (Å²) in [5.74, 6) is 0.172. The minimum absolute atomic E-state index is 0.0506. The molecule has 0 unspecified atom stereocenters. The van der Waals surface area contributed by atoms with E-state index in [2.05, 4.69) is 0 Å². The van der Waals surface area contributed by atoms with Crippen molar-refractivity contribution < 1.29 is 19.1 Å². The lowest BCUT2D eigenvalue weighted by Gasteiger charge is -2.04. The van der Waals surface area contributed by atoms with Crippen molar-refractivity contribution in [1.29, 1.82) is 0 Å². The molecule has 2 aromatic carbocycles. The van der Waals surface area contributed by atoms with Crippen LogP contribution in [0.2, 0.25) is 0 Å². The fourth-order valence-corrected chi connectivity index (χ4v) is 2.43. The molecule has 0 aromatic heterocycles. The SMILES string of the molecule is COC(=O)c1ccc2c(c1)-c1ccc(OC)cc1C2=O. The zero-order valence-electron chi connectivity index (χ0n) is 11.1. The van der Waals surface area contributed by atoms with E-state index in [0.717, 1.165) is 11.1 Å². The fourth-order valence-electron chi connectivity index (χ4n) is 2.43. The molecular weight excluding hydrogens is 256 g/mol. The highest BCUT2D eigenvalue weighted by Crippen LogP contribution is 2.38. The molecule has 0 saturated heterocycles. The Kier molecular flexibility index (Phi) is 2.79. The Labute approximate surface area is 115 Å². The van der Waals surface area contributed by atoms with Gasteiger partial charge in [0, 0.05) is 11.1 Å². The lowest BCUT2D eigenvalue weighted by molar-refractivity contribution is 0.0600. The molecule has 2 aromatic rings. The maximum atomic E-state index is 12.3. The van der Waals surface area contributed by atoms with Gasteiger partial charge >= 0.3 is 5.97 Å². The third-order valence-electron chi connectivity index (χ3n) is 3.45. The summed E-state index contributed by atoms with van der Waals surface area (Å²) in [7, 11) is 2.89. The first-order valence-electron chi connectivity index (χ1n) is 6.11. The van der Waals surface area contributed by atoms with Gasteiger partial charge in [0.15, 0.2) is 5.78 Å². The van der Waals surface area contributed by atoms with Crippen molar-refractivity contribution in [1.82, 2.24) is 0 Å². The van der Waals surface area contributed by atoms with Gasteiger partial charge in [0.05, 0.1) is 19.8 Å². The van der Waals surface area contributed by atoms with Crippen LogP contribution in [0.25, 0.3) is 11.1 Å². The molecule has 4 heteroatoms. The lowest BCUT2D eigenvalue weighted by atomic mass is 10.0. The monoisotopic (exact) mass is 268 g/mol. The third kappa shape index (κ3) is 1.69. The number of fused-ring (bicyclic) bond motifs is 3. The second kappa shape index (κ2) is 4.49. The second-order valence-electron chi connectivity index (χ2n) is 4.49. The van der Waals surface area contributed by atoms with Crippen molar-refractivity contribution in [3.05, 3.63) is 53.1 Å². The highest BCUT2D eigenvalue weighted by atomic mass is 16.5. The Morgan fingerprint density at radius 2 is 1.65 bits per heavy atom. The normalized spacial score (nSPS) is 11.8. The van der Waals surface area contributed by atoms with Gasteiger partial charge in [0.1, 0.15) is 5.75 Å². The smallest absolute Gasteiger partial charge is 0.337 e. The van der Waals surface area contributed by atoms with Gasteiger partial charge in [-0.3, -0.25) is 4.79 Å². The molecule has 0 heterocycles. The maximum Gasteiger partial charge on any atom is 0.337 e. The van der Waals surface area contributed by atoms with Crippen molar-refractivity contribution in [2.24, 2.45) is 0 Å². The molecule has 0 spiro atoms. The number of ketones is 1. The molecular formula is C16H12O4. The van der Waals surface area contributed by atoms with Crippen LogP contribution in [0, 0.1) is 0 Å². The highest BCUT2D eigenvalue weighted by molar-refractivity contribution is 6.22. The summed E-state index contributed by atoms with van der Waals surface area (Å²) in [5, 5.41) is 0. The largest absolute Gasteiger partial charge is 0.497 e. The van der Waals surface area contributed by atoms with Crippen molar-refractivity contribution in [2.75, 3.05) is 14.2 Å². The third-order valence-corrected chi connectivity index (χ3v) is 3.45. The summed E-state index contributed by atoms with van der Waals surface area (Å²) >= 11 is 0. The number of hydrogen-bond acceptors (Lipinski definition) is 4. The average Bonchev–Trinajstić information content (AvgIpc) is 2.78. The first-order chi connectivity index (χ1) is 9.65. The first kappa shape index (κ1) is 12.4. The molecule has 20 heavy (non-hydrogen) atoms. The molecule has 3 rings (SSSR count). The highest BCUT2D eigenvalue weighted by Gasteiger charge is 2.28. The van der Waals surface area contributed by atoms with Crippen LogP contribution in [0.1, 0.15) is 26.3 Å². The van der Waals surface area contributed by atoms with E-state index in [1.54, 1.807) is 37.4 Å². The molecule has 0 amide bonds. The predicted molar refractivity (Wildman–Crippen MR) is 73.2 cm³/mol. The molecule has 0 N–H and O–H groups in total. The molecule has 100 valence electrons. The van der Waals surface area contributed by atoms with E-state index < -0.39 is 5.97 Å². The molecule has 0 fully saturated rings. The number of hydrogen-bond donors (Lipinski definition) is 0. The number of benzene rings is 2. The van der Waals surface area contributed by atoms with Crippen LogP contribution in [0.4, 0.5) is 0 Å². The van der Waals surface area contributed by atoms with E-state index in [4.69, 9.17) is 9.47 Å². The molecule has 0 atom stereocenters. The number of carbonyl (C=O) groups excluding carboxylic acids is 2. The van der Waals surface area contributed by atoms with Gasteiger partial charge in [-0.2, -0.15) is 0 Å². The van der Waals surface area contributed by atoms with E-state index in [1.807, 2.05) is 6.07 Å². The van der Waals surface area contributed by atoms with Gasteiger partial charge in [-0.25, -0.2) is 4.79 Å². The minimum Gasteiger partial charge on any atom is -0.497 e. The number of carbonyl (C=O) groups is 2. The Balaban J connectivity index is 2.18. The van der Waals surface area contributed by atoms with Crippen molar-refractivity contribution in [2.45, 2.75) is 0 Å². The quantitative estimate of drug-likeness (QED) is 0.670. The lowest BCUT2D eigenvalue weighted by Crippen LogP contribution is -2.02. The maximum absolute atomic E-state index is 12.3. The summed E-state index contributed by atoms with van der Waals surface area (Å²) in [6.07, 6.45) is 0. The molecule has 1 aliphatic rings. The zero-order chi connectivity index (χ0) is 14.3. The average molecular weight is 268 g/mol. The van der Waals surface area contributed by atoms with Gasteiger partial charge in [-0.05, 0) is 47.5 Å². The number of methoxy groups -OCH3 is 2. The van der Waals surface area contributed by atoms with Gasteiger partial charge < -0.3 is 9.47 Å². The molecule has 4 nitrogen and oxygen atoms in total. The van der Waals surface area contributed by atoms with Crippen LogP contribution >= 0.6 is 0 Å². The molecule has 0 radical (unpaired) electrons. The summed E-state index contributed by atoms with van der Waals surface area (Å²) in [6, 6.07) is 10.3. The summed E-state index contributed by atoms with van der Waals surface area (Å²) in [5.41, 5.74) is 3.21. The molecule has 0 saturated carbocycles. The van der Waals surface area contributed by atoms with E-state index >= 15 is 0 Å². The molecule has 1 aliphatic carbocycles. The molecule has 0 aliphatic heterocycles. The number of esters is 1. The van der Waals surface area contributed by atoms with Crippen LogP contribution in [0.5, 0.6) is 5.75 Å². The first-order valence-corrected chi connectivity index (χ1v) is 6.11. The van der Waals surface area contributed by atoms with E-state index in [1.165, 1.54) is 7.11 Å². The van der Waals surface area contributed by atoms with Crippen molar-refractivity contribution in [3.8, 4) is 16.9 Å². The second-order valence-corrected chi connectivity index (χ2v) is 4.49. The van der Waals surface area contributed by atoms with Gasteiger partial charge in [-0.1, -0.05) is 0 Å². The van der Waals surface area contributed by atoms with Crippen LogP contribution in [0.3, 0.4) is 0 Å². The molecule has 0 bridgehead atoms. The van der Waals surface area contributed by atoms with Gasteiger partial charge in [0.2, 0.25) is 0 Å². The topological polar surface area (TPSA) is 52.6 Å². The standard InChI is InChI=1S/C16H12O4/c1-19-10-4-6-11-13-7-9(16(18)20-2)3-5-12(13)15(17)14(11)8-10/h3-8H,1-2H3. The van der Waals surface area contributed by atoms with Crippen LogP contribution in [-0.4, -0.2) is 26.0 Å². The number of ether oxygens (including phenoxy) is 2. The Morgan fingerprint density at radius 1 is 0.900 bits per heavy atom. The van der Waals surface area contributed by atoms with Crippen LogP contribution in [-0.2, 0) is 4.74 Å². The predicted octanol–water partition coefficient (Wildman–Crippen LogP) is 2.69. The van der Waals surface area contributed by atoms with E-state index in [9.17, 15) is 9.59 Å². The van der Waals surface area contributed by atoms with Gasteiger partial charge in [0.25, 0.3) is 0 Å². The Morgan fingerprint density at radius 3 is 2.35 bits per heavy atom. The summed E-state index contributed by atoms with van der Waals surface area (Å²) in [4.78, 5) is 23.9. The zero-order valence-corrected chi connectivity index (χ0v) is 11.1. The van der Waals surface area contributed by atoms with Crippen molar-refractivity contribution >= 4 is 11.8 Å². The van der Waals surface area contributed by atoms with Gasteiger partial charge in [-0.15, -0.1) is 0 Å². The Bertz CT molecular complexity index is 731. The van der Waals surface area contributed by atoms with Crippen LogP contribution < -0.4 is 4.74 Å². The Hall–Kier alpha value is -2.62.